The molecule has 78 valence electrons. The van der Waals surface area contributed by atoms with Gasteiger partial charge in [-0.3, -0.25) is 13.9 Å². The molecule has 0 aliphatic heterocycles. The Morgan fingerprint density at radius 3 is 2.60 bits per heavy atom. The molecule has 0 radical (unpaired) electrons. The van der Waals surface area contributed by atoms with Gasteiger partial charge in [0.2, 0.25) is 0 Å². The highest BCUT2D eigenvalue weighted by Gasteiger charge is 2.10. The summed E-state index contributed by atoms with van der Waals surface area (Å²) in [6, 6.07) is 0. The molecule has 0 bridgehead atoms. The first kappa shape index (κ1) is 9.85. The average Bonchev–Trinajstić information content (AvgIpc) is 2.23. The van der Waals surface area contributed by atoms with E-state index < -0.39 is 11.2 Å². The van der Waals surface area contributed by atoms with Crippen LogP contribution in [0.25, 0.3) is 11.2 Å². The largest absolute Gasteiger partial charge is 0.332 e. The first-order valence-corrected chi connectivity index (χ1v) is 4.48. The van der Waals surface area contributed by atoms with Gasteiger partial charge in [0, 0.05) is 14.1 Å². The third-order valence-electron chi connectivity index (χ3n) is 2.12. The van der Waals surface area contributed by atoms with Crippen molar-refractivity contribution in [2.24, 2.45) is 14.1 Å². The van der Waals surface area contributed by atoms with Gasteiger partial charge in [-0.05, 0) is 0 Å². The summed E-state index contributed by atoms with van der Waals surface area (Å²) < 4.78 is 2.21. The normalized spacial score (nSPS) is 10.9. The molecule has 15 heavy (non-hydrogen) atoms. The van der Waals surface area contributed by atoms with Crippen LogP contribution in [0.4, 0.5) is 0 Å². The summed E-state index contributed by atoms with van der Waals surface area (Å²) in [5.74, 6) is 0. The van der Waals surface area contributed by atoms with Crippen molar-refractivity contribution in [2.45, 2.75) is 0 Å². The first-order chi connectivity index (χ1) is 7.02. The quantitative estimate of drug-likeness (QED) is 0.617. The van der Waals surface area contributed by atoms with Crippen LogP contribution in [0.1, 0.15) is 0 Å². The van der Waals surface area contributed by atoms with Crippen molar-refractivity contribution in [3.05, 3.63) is 32.2 Å². The molecule has 0 aromatic carbocycles. The SMILES string of the molecule is Cn1c(=O)c2ncc(Cl)nc2n(C)c1=O. The zero-order valence-corrected chi connectivity index (χ0v) is 8.82. The number of aromatic nitrogens is 4. The van der Waals surface area contributed by atoms with E-state index in [0.29, 0.717) is 0 Å². The van der Waals surface area contributed by atoms with Crippen LogP contribution in [-0.4, -0.2) is 19.1 Å². The van der Waals surface area contributed by atoms with Crippen molar-refractivity contribution in [3.63, 3.8) is 0 Å². The van der Waals surface area contributed by atoms with Gasteiger partial charge in [-0.1, -0.05) is 11.6 Å². The fourth-order valence-corrected chi connectivity index (χ4v) is 1.43. The van der Waals surface area contributed by atoms with Crippen LogP contribution >= 0.6 is 11.6 Å². The molecule has 7 heteroatoms. The summed E-state index contributed by atoms with van der Waals surface area (Å²) in [5.41, 5.74) is -0.610. The smallest absolute Gasteiger partial charge is 0.279 e. The summed E-state index contributed by atoms with van der Waals surface area (Å²) in [6.07, 6.45) is 1.27. The molecule has 6 nitrogen and oxygen atoms in total. The molecule has 0 aliphatic rings. The fourth-order valence-electron chi connectivity index (χ4n) is 1.30. The Labute approximate surface area is 88.8 Å². The highest BCUT2D eigenvalue weighted by atomic mass is 35.5. The lowest BCUT2D eigenvalue weighted by Crippen LogP contribution is -2.37. The highest BCUT2D eigenvalue weighted by Crippen LogP contribution is 2.06. The van der Waals surface area contributed by atoms with Crippen LogP contribution in [0.3, 0.4) is 0 Å². The van der Waals surface area contributed by atoms with E-state index in [2.05, 4.69) is 9.97 Å². The molecule has 2 heterocycles. The summed E-state index contributed by atoms with van der Waals surface area (Å²) in [6.45, 7) is 0. The molecule has 0 saturated heterocycles. The third kappa shape index (κ3) is 1.33. The van der Waals surface area contributed by atoms with Gasteiger partial charge in [0.1, 0.15) is 5.15 Å². The zero-order chi connectivity index (χ0) is 11.2. The summed E-state index contributed by atoms with van der Waals surface area (Å²) in [7, 11) is 2.90. The van der Waals surface area contributed by atoms with Gasteiger partial charge >= 0.3 is 5.69 Å². The molecule has 0 aliphatic carbocycles. The molecule has 0 spiro atoms. The summed E-state index contributed by atoms with van der Waals surface area (Å²) in [5, 5.41) is 0.144. The molecule has 2 aromatic rings. The average molecular weight is 227 g/mol. The van der Waals surface area contributed by atoms with E-state index in [9.17, 15) is 9.59 Å². The minimum Gasteiger partial charge on any atom is -0.279 e. The van der Waals surface area contributed by atoms with Crippen LogP contribution in [-0.2, 0) is 14.1 Å². The summed E-state index contributed by atoms with van der Waals surface area (Å²) in [4.78, 5) is 30.9. The van der Waals surface area contributed by atoms with E-state index in [1.54, 1.807) is 0 Å². The van der Waals surface area contributed by atoms with Crippen LogP contribution in [0.5, 0.6) is 0 Å². The van der Waals surface area contributed by atoms with Crippen LogP contribution in [0.15, 0.2) is 15.8 Å². The van der Waals surface area contributed by atoms with Crippen molar-refractivity contribution in [1.29, 1.82) is 0 Å². The Kier molecular flexibility index (Phi) is 2.08. The lowest BCUT2D eigenvalue weighted by molar-refractivity contribution is 0.704. The van der Waals surface area contributed by atoms with E-state index in [1.165, 1.54) is 24.9 Å². The number of fused-ring (bicyclic) bond motifs is 1. The van der Waals surface area contributed by atoms with E-state index >= 15 is 0 Å². The molecule has 0 amide bonds. The highest BCUT2D eigenvalue weighted by molar-refractivity contribution is 6.29. The number of hydrogen-bond acceptors (Lipinski definition) is 4. The predicted octanol–water partition coefficient (Wildman–Crippen LogP) is -0.319. The Balaban J connectivity index is 3.15. The first-order valence-electron chi connectivity index (χ1n) is 4.10. The molecule has 0 unspecified atom stereocenters. The van der Waals surface area contributed by atoms with E-state index in [0.717, 1.165) is 4.57 Å². The topological polar surface area (TPSA) is 69.8 Å². The van der Waals surface area contributed by atoms with Gasteiger partial charge in [-0.25, -0.2) is 14.8 Å². The minimum absolute atomic E-state index is 0.129. The van der Waals surface area contributed by atoms with Gasteiger partial charge in [-0.2, -0.15) is 0 Å². The number of aryl methyl sites for hydroxylation is 1. The molecule has 0 fully saturated rings. The van der Waals surface area contributed by atoms with Gasteiger partial charge in [0.15, 0.2) is 11.2 Å². The zero-order valence-electron chi connectivity index (χ0n) is 8.06. The number of hydrogen-bond donors (Lipinski definition) is 0. The van der Waals surface area contributed by atoms with Crippen LogP contribution in [0, 0.1) is 0 Å². The van der Waals surface area contributed by atoms with Gasteiger partial charge < -0.3 is 0 Å². The van der Waals surface area contributed by atoms with Crippen molar-refractivity contribution < 1.29 is 0 Å². The second kappa shape index (κ2) is 3.16. The Morgan fingerprint density at radius 1 is 1.27 bits per heavy atom. The summed E-state index contributed by atoms with van der Waals surface area (Å²) >= 11 is 5.64. The Bertz CT molecular complexity index is 658. The van der Waals surface area contributed by atoms with Crippen molar-refractivity contribution in [3.8, 4) is 0 Å². The molecular weight excluding hydrogens is 220 g/mol. The second-order valence-corrected chi connectivity index (χ2v) is 3.46. The molecule has 0 N–H and O–H groups in total. The van der Waals surface area contributed by atoms with Crippen LogP contribution < -0.4 is 11.2 Å². The third-order valence-corrected chi connectivity index (χ3v) is 2.31. The molecule has 0 atom stereocenters. The van der Waals surface area contributed by atoms with E-state index in [1.807, 2.05) is 0 Å². The lowest BCUT2D eigenvalue weighted by atomic mass is 10.5. The maximum Gasteiger partial charge on any atom is 0.332 e. The fraction of sp³-hybridized carbons (Fsp3) is 0.250. The number of halogens is 1. The monoisotopic (exact) mass is 226 g/mol. The molecular formula is C8H7ClN4O2. The van der Waals surface area contributed by atoms with Crippen molar-refractivity contribution >= 4 is 22.8 Å². The van der Waals surface area contributed by atoms with Crippen LogP contribution in [0.2, 0.25) is 5.15 Å². The number of nitrogens with zero attached hydrogens (tertiary/aromatic N) is 4. The standard InChI is InChI=1S/C8H7ClN4O2/c1-12-6-5(10-3-4(9)11-6)7(14)13(2)8(12)15/h3H,1-2H3. The van der Waals surface area contributed by atoms with Gasteiger partial charge in [0.25, 0.3) is 5.56 Å². The maximum absolute atomic E-state index is 11.6. The molecule has 0 saturated carbocycles. The molecule has 2 aromatic heterocycles. The minimum atomic E-state index is -0.475. The Morgan fingerprint density at radius 2 is 1.93 bits per heavy atom. The predicted molar refractivity (Wildman–Crippen MR) is 55.0 cm³/mol. The second-order valence-electron chi connectivity index (χ2n) is 3.07. The lowest BCUT2D eigenvalue weighted by Gasteiger charge is -2.04. The van der Waals surface area contributed by atoms with Gasteiger partial charge in [0.05, 0.1) is 6.20 Å². The Hall–Kier alpha value is -1.69. The van der Waals surface area contributed by atoms with E-state index in [-0.39, 0.29) is 16.3 Å². The maximum atomic E-state index is 11.6. The van der Waals surface area contributed by atoms with E-state index in [4.69, 9.17) is 11.6 Å². The molecule has 2 rings (SSSR count). The van der Waals surface area contributed by atoms with Crippen molar-refractivity contribution in [2.75, 3.05) is 0 Å². The van der Waals surface area contributed by atoms with Crippen molar-refractivity contribution in [1.82, 2.24) is 19.1 Å². The van der Waals surface area contributed by atoms with Gasteiger partial charge in [-0.15, -0.1) is 0 Å². The number of rotatable bonds is 0.